The zero-order valence-corrected chi connectivity index (χ0v) is 6.13. The fraction of sp³-hybridized carbons (Fsp3) is 1.00. The van der Waals surface area contributed by atoms with Gasteiger partial charge in [0.15, 0.2) is 0 Å². The number of hydrogen-bond donors (Lipinski definition) is 0. The van der Waals surface area contributed by atoms with Gasteiger partial charge < -0.3 is 0 Å². The maximum absolute atomic E-state index is 5.05. The molecule has 0 radical (unpaired) electrons. The van der Waals surface area contributed by atoms with E-state index in [1.54, 1.807) is 0 Å². The van der Waals surface area contributed by atoms with E-state index in [4.69, 9.17) is 23.2 Å². The summed E-state index contributed by atoms with van der Waals surface area (Å²) in [6.07, 6.45) is 0. The first-order chi connectivity index (χ1) is 1.91. The minimum atomic E-state index is 0. The average Bonchev–Trinajstić information content (AvgIpc) is 1.37. The summed E-state index contributed by atoms with van der Waals surface area (Å²) in [6, 6.07) is 0. The highest BCUT2D eigenvalue weighted by atomic mass is 35.5. The Morgan fingerprint density at radius 3 is 1.00 bits per heavy atom. The fourth-order valence-corrected chi connectivity index (χ4v) is 0. The van der Waals surface area contributed by atoms with Gasteiger partial charge in [-0.05, 0) is 0 Å². The molecule has 0 aromatic heterocycles. The molecule has 0 amide bonds. The normalized spacial score (nSPS) is 4.29. The molecule has 0 saturated heterocycles. The quantitative estimate of drug-likeness (QED) is 0.554. The number of hydrogen-bond acceptors (Lipinski definition) is 0. The number of rotatable bonds is 1. The van der Waals surface area contributed by atoms with Crippen molar-refractivity contribution in [3.8, 4) is 0 Å². The summed E-state index contributed by atoms with van der Waals surface area (Å²) in [5.74, 6) is 1.11. The summed E-state index contributed by atoms with van der Waals surface area (Å²) in [4.78, 5) is 0. The summed E-state index contributed by atoms with van der Waals surface area (Å²) in [5.41, 5.74) is 0. The maximum Gasteiger partial charge on any atom is 0.0359 e. The molecule has 0 aromatic rings. The Hall–Kier alpha value is 1.16. The lowest BCUT2D eigenvalue weighted by atomic mass is 11.0. The van der Waals surface area contributed by atoms with Gasteiger partial charge in [-0.1, -0.05) is 7.43 Å². The van der Waals surface area contributed by atoms with Gasteiger partial charge in [0.05, 0.1) is 0 Å². The molecule has 0 fully saturated rings. The molecule has 4 heteroatoms. The van der Waals surface area contributed by atoms with Crippen LogP contribution in [0.3, 0.4) is 0 Å². The van der Waals surface area contributed by atoms with Gasteiger partial charge in [-0.3, -0.25) is 0 Å². The highest BCUT2D eigenvalue weighted by Crippen LogP contribution is 1.75. The molecule has 50 valence electrons. The summed E-state index contributed by atoms with van der Waals surface area (Å²) >= 11 is 10.1. The molecular formula is C3H10Cl4. The lowest BCUT2D eigenvalue weighted by molar-refractivity contribution is 1.52. The largest absolute Gasteiger partial charge is 0.147 e. The van der Waals surface area contributed by atoms with Crippen LogP contribution >= 0.6 is 48.0 Å². The van der Waals surface area contributed by atoms with E-state index in [1.807, 2.05) is 0 Å². The highest BCUT2D eigenvalue weighted by Gasteiger charge is 1.61. The van der Waals surface area contributed by atoms with E-state index in [0.29, 0.717) is 11.8 Å². The molecule has 0 aliphatic heterocycles. The van der Waals surface area contributed by atoms with Crippen LogP contribution in [-0.4, -0.2) is 11.8 Å². The van der Waals surface area contributed by atoms with Crippen molar-refractivity contribution in [2.75, 3.05) is 11.8 Å². The fourth-order valence-electron chi connectivity index (χ4n) is 0. The Kier molecular flexibility index (Phi) is 94.0. The summed E-state index contributed by atoms with van der Waals surface area (Å²) < 4.78 is 0. The Labute approximate surface area is 67.4 Å². The predicted molar refractivity (Wildman–Crippen MR) is 42.7 cm³/mol. The van der Waals surface area contributed by atoms with Crippen LogP contribution in [0.5, 0.6) is 0 Å². The molecule has 0 atom stereocenters. The highest BCUT2D eigenvalue weighted by molar-refractivity contribution is 6.25. The second-order valence-corrected chi connectivity index (χ2v) is 1.13. The van der Waals surface area contributed by atoms with Gasteiger partial charge in [0.1, 0.15) is 0 Å². The molecule has 0 aliphatic carbocycles. The minimum Gasteiger partial charge on any atom is -0.147 e. The molecule has 0 saturated carbocycles. The predicted octanol–water partition coefficient (Wildman–Crippen LogP) is 2.94. The lowest BCUT2D eigenvalue weighted by Gasteiger charge is -1.63. The third kappa shape index (κ3) is 40.9. The van der Waals surface area contributed by atoms with Crippen molar-refractivity contribution < 1.29 is 0 Å². The molecule has 0 bridgehead atoms. The van der Waals surface area contributed by atoms with Crippen LogP contribution in [0.2, 0.25) is 0 Å². The van der Waals surface area contributed by atoms with Crippen LogP contribution in [0.1, 0.15) is 7.43 Å². The van der Waals surface area contributed by atoms with E-state index in [9.17, 15) is 0 Å². The minimum absolute atomic E-state index is 0. The molecule has 0 spiro atoms. The Morgan fingerprint density at radius 1 is 0.857 bits per heavy atom. The summed E-state index contributed by atoms with van der Waals surface area (Å²) in [5, 5.41) is 0. The zero-order valence-electron chi connectivity index (χ0n) is 2.99. The van der Waals surface area contributed by atoms with Crippen molar-refractivity contribution in [1.82, 2.24) is 0 Å². The Balaban J connectivity index is -0.0000000150. The number of alkyl halides is 2. The van der Waals surface area contributed by atoms with Crippen LogP contribution in [0.25, 0.3) is 0 Å². The number of halogens is 4. The van der Waals surface area contributed by atoms with Gasteiger partial charge in [0.2, 0.25) is 0 Å². The van der Waals surface area contributed by atoms with Gasteiger partial charge in [-0.15, -0.1) is 48.0 Å². The zero-order chi connectivity index (χ0) is 3.41. The smallest absolute Gasteiger partial charge is 0.0359 e. The van der Waals surface area contributed by atoms with Crippen LogP contribution in [-0.2, 0) is 0 Å². The molecule has 0 aliphatic rings. The molecule has 0 aromatic carbocycles. The van der Waals surface area contributed by atoms with E-state index >= 15 is 0 Å². The Bertz CT molecular complexity index is 8.90. The second-order valence-electron chi connectivity index (χ2n) is 0.378. The third-order valence-corrected chi connectivity index (χ3v) is 0.643. The van der Waals surface area contributed by atoms with Gasteiger partial charge in [0.25, 0.3) is 0 Å². The first kappa shape index (κ1) is 24.2. The maximum atomic E-state index is 5.05. The SMILES string of the molecule is C.Cl.Cl.ClCCCl. The molecule has 0 rings (SSSR count). The molecule has 0 nitrogen and oxygen atoms in total. The van der Waals surface area contributed by atoms with Gasteiger partial charge in [-0.25, -0.2) is 0 Å². The van der Waals surface area contributed by atoms with Crippen molar-refractivity contribution >= 4 is 48.0 Å². The lowest BCUT2D eigenvalue weighted by Crippen LogP contribution is -1.63. The van der Waals surface area contributed by atoms with Crippen molar-refractivity contribution in [3.05, 3.63) is 0 Å². The van der Waals surface area contributed by atoms with E-state index in [-0.39, 0.29) is 32.2 Å². The van der Waals surface area contributed by atoms with Gasteiger partial charge in [-0.2, -0.15) is 0 Å². The molecule has 0 heterocycles. The van der Waals surface area contributed by atoms with Crippen LogP contribution < -0.4 is 0 Å². The van der Waals surface area contributed by atoms with Crippen molar-refractivity contribution in [2.24, 2.45) is 0 Å². The topological polar surface area (TPSA) is 0 Å². The standard InChI is InChI=1S/C2H4Cl2.CH4.2ClH/c3-1-2-4;;;/h1-2H2;1H4;2*1H. The van der Waals surface area contributed by atoms with E-state index in [1.165, 1.54) is 0 Å². The van der Waals surface area contributed by atoms with Gasteiger partial charge >= 0.3 is 0 Å². The molecule has 0 N–H and O–H groups in total. The van der Waals surface area contributed by atoms with Crippen molar-refractivity contribution in [2.45, 2.75) is 7.43 Å². The molecule has 0 unspecified atom stereocenters. The second kappa shape index (κ2) is 27.2. The first-order valence-electron chi connectivity index (χ1n) is 1.03. The first-order valence-corrected chi connectivity index (χ1v) is 2.10. The van der Waals surface area contributed by atoms with Crippen LogP contribution in [0, 0.1) is 0 Å². The third-order valence-electron chi connectivity index (χ3n) is 0.0714. The van der Waals surface area contributed by atoms with E-state index < -0.39 is 0 Å². The summed E-state index contributed by atoms with van der Waals surface area (Å²) in [6.45, 7) is 0. The van der Waals surface area contributed by atoms with E-state index in [0.717, 1.165) is 0 Å². The molecule has 7 heavy (non-hydrogen) atoms. The average molecular weight is 188 g/mol. The van der Waals surface area contributed by atoms with Crippen LogP contribution in [0.4, 0.5) is 0 Å². The van der Waals surface area contributed by atoms with E-state index in [2.05, 4.69) is 0 Å². The summed E-state index contributed by atoms with van der Waals surface area (Å²) in [7, 11) is 0. The van der Waals surface area contributed by atoms with Gasteiger partial charge in [0, 0.05) is 11.8 Å². The van der Waals surface area contributed by atoms with Crippen LogP contribution in [0.15, 0.2) is 0 Å². The monoisotopic (exact) mass is 186 g/mol. The Morgan fingerprint density at radius 2 is 1.00 bits per heavy atom. The van der Waals surface area contributed by atoms with Crippen molar-refractivity contribution in [3.63, 3.8) is 0 Å². The molecular weight excluding hydrogens is 178 g/mol. The van der Waals surface area contributed by atoms with Crippen molar-refractivity contribution in [1.29, 1.82) is 0 Å².